The Morgan fingerprint density at radius 2 is 1.29 bits per heavy atom. The molecule has 7 heteroatoms. The molecule has 0 aromatic rings. The second-order valence-corrected chi connectivity index (χ2v) is 3.96. The van der Waals surface area contributed by atoms with Crippen LogP contribution in [-0.2, 0) is 19.2 Å². The average Bonchev–Trinajstić information content (AvgIpc) is 2.56. The number of imide groups is 1. The van der Waals surface area contributed by atoms with Crippen molar-refractivity contribution in [3.8, 4) is 0 Å². The molecule has 1 heterocycles. The van der Waals surface area contributed by atoms with E-state index in [1.165, 1.54) is 0 Å². The SMILES string of the molecule is O=C(O)C(=O)O.O=C1NC(=O)C2CCCCC12. The summed E-state index contributed by atoms with van der Waals surface area (Å²) in [5.41, 5.74) is 0. The van der Waals surface area contributed by atoms with Crippen LogP contribution in [0, 0.1) is 11.8 Å². The summed E-state index contributed by atoms with van der Waals surface area (Å²) in [5, 5.41) is 17.2. The Hall–Kier alpha value is -1.92. The number of amides is 2. The van der Waals surface area contributed by atoms with Gasteiger partial charge in [0, 0.05) is 11.8 Å². The second kappa shape index (κ2) is 5.42. The highest BCUT2D eigenvalue weighted by Crippen LogP contribution is 2.33. The molecule has 0 spiro atoms. The van der Waals surface area contributed by atoms with Gasteiger partial charge < -0.3 is 10.2 Å². The molecule has 0 bridgehead atoms. The lowest BCUT2D eigenvalue weighted by Gasteiger charge is -2.19. The summed E-state index contributed by atoms with van der Waals surface area (Å²) in [4.78, 5) is 40.4. The van der Waals surface area contributed by atoms with Crippen LogP contribution in [0.2, 0.25) is 0 Å². The van der Waals surface area contributed by atoms with E-state index >= 15 is 0 Å². The van der Waals surface area contributed by atoms with Gasteiger partial charge in [0.15, 0.2) is 0 Å². The first-order valence-corrected chi connectivity index (χ1v) is 5.24. The molecule has 1 saturated carbocycles. The van der Waals surface area contributed by atoms with Gasteiger partial charge in [-0.3, -0.25) is 14.9 Å². The summed E-state index contributed by atoms with van der Waals surface area (Å²) in [6, 6.07) is 0. The third-order valence-corrected chi connectivity index (χ3v) is 2.87. The predicted molar refractivity (Wildman–Crippen MR) is 53.9 cm³/mol. The van der Waals surface area contributed by atoms with Crippen molar-refractivity contribution in [1.29, 1.82) is 0 Å². The van der Waals surface area contributed by atoms with Crippen LogP contribution in [0.4, 0.5) is 0 Å². The zero-order chi connectivity index (χ0) is 13.0. The summed E-state index contributed by atoms with van der Waals surface area (Å²) >= 11 is 0. The number of aliphatic carboxylic acids is 2. The maximum Gasteiger partial charge on any atom is 0.414 e. The van der Waals surface area contributed by atoms with Crippen LogP contribution >= 0.6 is 0 Å². The standard InChI is InChI=1S/C8H11NO2.C2H2O4/c10-7-5-3-1-2-4-6(5)8(11)9-7;3-1(4)2(5)6/h5-6H,1-4H2,(H,9,10,11);(H,3,4)(H,5,6). The third-order valence-electron chi connectivity index (χ3n) is 2.87. The van der Waals surface area contributed by atoms with E-state index in [0.29, 0.717) is 0 Å². The zero-order valence-electron chi connectivity index (χ0n) is 9.01. The first kappa shape index (κ1) is 13.1. The largest absolute Gasteiger partial charge is 0.473 e. The molecule has 2 rings (SSSR count). The number of fused-ring (bicyclic) bond motifs is 1. The number of hydrogen-bond donors (Lipinski definition) is 3. The molecule has 0 aromatic heterocycles. The Morgan fingerprint density at radius 3 is 1.59 bits per heavy atom. The van der Waals surface area contributed by atoms with Crippen molar-refractivity contribution in [2.45, 2.75) is 25.7 Å². The van der Waals surface area contributed by atoms with E-state index in [-0.39, 0.29) is 23.7 Å². The van der Waals surface area contributed by atoms with E-state index in [1.54, 1.807) is 0 Å². The fourth-order valence-electron chi connectivity index (χ4n) is 2.07. The van der Waals surface area contributed by atoms with Gasteiger partial charge in [-0.05, 0) is 12.8 Å². The van der Waals surface area contributed by atoms with E-state index in [1.807, 2.05) is 0 Å². The van der Waals surface area contributed by atoms with E-state index in [4.69, 9.17) is 19.8 Å². The van der Waals surface area contributed by atoms with Gasteiger partial charge in [-0.2, -0.15) is 0 Å². The van der Waals surface area contributed by atoms with Crippen LogP contribution in [0.25, 0.3) is 0 Å². The van der Waals surface area contributed by atoms with Gasteiger partial charge in [-0.25, -0.2) is 9.59 Å². The van der Waals surface area contributed by atoms with Crippen molar-refractivity contribution in [2.24, 2.45) is 11.8 Å². The Morgan fingerprint density at radius 1 is 0.941 bits per heavy atom. The van der Waals surface area contributed by atoms with Crippen LogP contribution in [-0.4, -0.2) is 34.0 Å². The van der Waals surface area contributed by atoms with Gasteiger partial charge >= 0.3 is 11.9 Å². The Bertz CT molecular complexity index is 330. The third kappa shape index (κ3) is 3.27. The van der Waals surface area contributed by atoms with Crippen LogP contribution in [0.15, 0.2) is 0 Å². The number of carboxylic acids is 2. The fraction of sp³-hybridized carbons (Fsp3) is 0.600. The molecule has 1 aliphatic heterocycles. The summed E-state index contributed by atoms with van der Waals surface area (Å²) in [5.74, 6) is -3.71. The fourth-order valence-corrected chi connectivity index (χ4v) is 2.07. The highest BCUT2D eigenvalue weighted by molar-refractivity contribution is 6.27. The molecule has 2 atom stereocenters. The molecule has 0 radical (unpaired) electrons. The molecule has 2 aliphatic rings. The number of carbonyl (C=O) groups is 4. The first-order valence-electron chi connectivity index (χ1n) is 5.24. The average molecular weight is 243 g/mol. The van der Waals surface area contributed by atoms with Crippen molar-refractivity contribution in [2.75, 3.05) is 0 Å². The van der Waals surface area contributed by atoms with Gasteiger partial charge in [0.1, 0.15) is 0 Å². The molecule has 0 aromatic carbocycles. The molecule has 2 unspecified atom stereocenters. The molecular formula is C10H13NO6. The van der Waals surface area contributed by atoms with Crippen molar-refractivity contribution in [1.82, 2.24) is 5.32 Å². The van der Waals surface area contributed by atoms with E-state index < -0.39 is 11.9 Å². The highest BCUT2D eigenvalue weighted by Gasteiger charge is 2.42. The molecular weight excluding hydrogens is 230 g/mol. The van der Waals surface area contributed by atoms with E-state index in [9.17, 15) is 9.59 Å². The molecule has 1 saturated heterocycles. The monoisotopic (exact) mass is 243 g/mol. The number of nitrogens with one attached hydrogen (secondary N) is 1. The molecule has 17 heavy (non-hydrogen) atoms. The van der Waals surface area contributed by atoms with Crippen LogP contribution in [0.3, 0.4) is 0 Å². The minimum absolute atomic E-state index is 0.0104. The first-order chi connectivity index (χ1) is 7.93. The summed E-state index contributed by atoms with van der Waals surface area (Å²) in [6.07, 6.45) is 4.01. The van der Waals surface area contributed by atoms with Gasteiger partial charge in [0.25, 0.3) is 0 Å². The number of carbonyl (C=O) groups excluding carboxylic acids is 2. The van der Waals surface area contributed by atoms with Gasteiger partial charge in [-0.15, -0.1) is 0 Å². The Labute approximate surface area is 96.8 Å². The van der Waals surface area contributed by atoms with Crippen LogP contribution in [0.1, 0.15) is 25.7 Å². The Kier molecular flexibility index (Phi) is 4.19. The van der Waals surface area contributed by atoms with Crippen molar-refractivity contribution >= 4 is 23.8 Å². The molecule has 2 amide bonds. The summed E-state index contributed by atoms with van der Waals surface area (Å²) < 4.78 is 0. The molecule has 3 N–H and O–H groups in total. The van der Waals surface area contributed by atoms with E-state index in [0.717, 1.165) is 25.7 Å². The quantitative estimate of drug-likeness (QED) is 0.393. The minimum atomic E-state index is -1.82. The predicted octanol–water partition coefficient (Wildman–Crippen LogP) is -0.395. The smallest absolute Gasteiger partial charge is 0.414 e. The molecule has 7 nitrogen and oxygen atoms in total. The molecule has 94 valence electrons. The summed E-state index contributed by atoms with van der Waals surface area (Å²) in [7, 11) is 0. The summed E-state index contributed by atoms with van der Waals surface area (Å²) in [6.45, 7) is 0. The molecule has 1 aliphatic carbocycles. The topological polar surface area (TPSA) is 121 Å². The highest BCUT2D eigenvalue weighted by atomic mass is 16.4. The zero-order valence-corrected chi connectivity index (χ0v) is 9.01. The maximum absolute atomic E-state index is 11.1. The van der Waals surface area contributed by atoms with Gasteiger partial charge in [-0.1, -0.05) is 12.8 Å². The van der Waals surface area contributed by atoms with Crippen molar-refractivity contribution in [3.05, 3.63) is 0 Å². The second-order valence-electron chi connectivity index (χ2n) is 3.96. The lowest BCUT2D eigenvalue weighted by Crippen LogP contribution is -2.21. The normalized spacial score (nSPS) is 26.4. The molecule has 2 fully saturated rings. The van der Waals surface area contributed by atoms with Crippen molar-refractivity contribution in [3.63, 3.8) is 0 Å². The van der Waals surface area contributed by atoms with E-state index in [2.05, 4.69) is 5.32 Å². The Balaban J connectivity index is 0.000000209. The van der Waals surface area contributed by atoms with Crippen molar-refractivity contribution < 1.29 is 29.4 Å². The number of carboxylic acid groups (broad SMARTS) is 2. The van der Waals surface area contributed by atoms with Gasteiger partial charge in [0.05, 0.1) is 0 Å². The number of hydrogen-bond acceptors (Lipinski definition) is 4. The number of rotatable bonds is 0. The minimum Gasteiger partial charge on any atom is -0.473 e. The van der Waals surface area contributed by atoms with Gasteiger partial charge in [0.2, 0.25) is 11.8 Å². The lowest BCUT2D eigenvalue weighted by atomic mass is 9.81. The van der Waals surface area contributed by atoms with Crippen LogP contribution in [0.5, 0.6) is 0 Å². The lowest BCUT2D eigenvalue weighted by molar-refractivity contribution is -0.159. The van der Waals surface area contributed by atoms with Crippen LogP contribution < -0.4 is 5.32 Å². The maximum atomic E-state index is 11.1.